The first kappa shape index (κ1) is 15.5. The molecule has 0 saturated carbocycles. The van der Waals surface area contributed by atoms with Crippen LogP contribution in [0.2, 0.25) is 0 Å². The summed E-state index contributed by atoms with van der Waals surface area (Å²) in [6, 6.07) is 25.5. The Labute approximate surface area is 146 Å². The quantitative estimate of drug-likeness (QED) is 0.531. The third-order valence-corrected chi connectivity index (χ3v) is 4.33. The normalized spacial score (nSPS) is 15.3. The summed E-state index contributed by atoms with van der Waals surface area (Å²) in [5, 5.41) is 0. The highest BCUT2D eigenvalue weighted by atomic mass is 16.6. The van der Waals surface area contributed by atoms with E-state index < -0.39 is 6.10 Å². The topological polar surface area (TPSA) is 35.5 Å². The molecule has 124 valence electrons. The Kier molecular flexibility index (Phi) is 4.21. The molecule has 25 heavy (non-hydrogen) atoms. The average molecular weight is 330 g/mol. The van der Waals surface area contributed by atoms with Gasteiger partial charge in [-0.1, -0.05) is 66.7 Å². The van der Waals surface area contributed by atoms with Gasteiger partial charge >= 0.3 is 5.97 Å². The first-order valence-corrected chi connectivity index (χ1v) is 8.38. The highest BCUT2D eigenvalue weighted by molar-refractivity contribution is 5.79. The van der Waals surface area contributed by atoms with E-state index in [1.807, 2.05) is 66.7 Å². The highest BCUT2D eigenvalue weighted by Gasteiger charge is 2.30. The molecule has 1 heterocycles. The van der Waals surface area contributed by atoms with Crippen LogP contribution >= 0.6 is 0 Å². The van der Waals surface area contributed by atoms with Crippen LogP contribution in [0, 0.1) is 0 Å². The number of para-hydroxylation sites is 2. The number of carbonyl (C=O) groups excluding carboxylic acids is 1. The Morgan fingerprint density at radius 1 is 0.920 bits per heavy atom. The smallest absolute Gasteiger partial charge is 0.353 e. The molecule has 1 atom stereocenters. The molecule has 0 bridgehead atoms. The molecule has 3 aromatic carbocycles. The van der Waals surface area contributed by atoms with Gasteiger partial charge in [-0.3, -0.25) is 0 Å². The van der Waals surface area contributed by atoms with Crippen molar-refractivity contribution in [2.75, 3.05) is 0 Å². The number of hydrogen-bond acceptors (Lipinski definition) is 3. The van der Waals surface area contributed by atoms with Crippen LogP contribution in [-0.4, -0.2) is 12.1 Å². The van der Waals surface area contributed by atoms with Crippen LogP contribution in [0.3, 0.4) is 0 Å². The summed E-state index contributed by atoms with van der Waals surface area (Å²) in [6.45, 7) is 0. The molecule has 3 aromatic rings. The Morgan fingerprint density at radius 3 is 2.48 bits per heavy atom. The minimum absolute atomic E-state index is 0.350. The van der Waals surface area contributed by atoms with Gasteiger partial charge in [-0.2, -0.15) is 0 Å². The summed E-state index contributed by atoms with van der Waals surface area (Å²) < 4.78 is 11.4. The Hall–Kier alpha value is -3.07. The van der Waals surface area contributed by atoms with Crippen molar-refractivity contribution in [3.63, 3.8) is 0 Å². The van der Waals surface area contributed by atoms with Crippen LogP contribution in [0.1, 0.15) is 16.7 Å². The van der Waals surface area contributed by atoms with Gasteiger partial charge in [0.1, 0.15) is 11.5 Å². The van der Waals surface area contributed by atoms with Crippen molar-refractivity contribution < 1.29 is 14.3 Å². The first-order valence-electron chi connectivity index (χ1n) is 8.38. The minimum Gasteiger partial charge on any atom is -0.478 e. The monoisotopic (exact) mass is 330 g/mol. The summed E-state index contributed by atoms with van der Waals surface area (Å²) in [5.41, 5.74) is 3.20. The van der Waals surface area contributed by atoms with E-state index in [4.69, 9.17) is 9.47 Å². The fourth-order valence-electron chi connectivity index (χ4n) is 3.05. The first-order chi connectivity index (χ1) is 12.3. The number of carbonyl (C=O) groups is 1. The molecule has 1 aliphatic rings. The standard InChI is InChI=1S/C22H18O3/c23-22(21-15-18-11-5-6-12-19(18)24-21)25-20-13-7-4-10-17(20)14-16-8-2-1-3-9-16/h1-13,21H,14-15H2. The predicted octanol–water partition coefficient (Wildman–Crippen LogP) is 4.19. The van der Waals surface area contributed by atoms with Crippen molar-refractivity contribution in [3.05, 3.63) is 95.6 Å². The van der Waals surface area contributed by atoms with E-state index in [0.29, 0.717) is 12.2 Å². The van der Waals surface area contributed by atoms with Gasteiger partial charge in [0.25, 0.3) is 0 Å². The van der Waals surface area contributed by atoms with Crippen molar-refractivity contribution in [3.8, 4) is 11.5 Å². The molecule has 0 N–H and O–H groups in total. The van der Waals surface area contributed by atoms with Gasteiger partial charge in [0.15, 0.2) is 6.10 Å². The maximum Gasteiger partial charge on any atom is 0.353 e. The van der Waals surface area contributed by atoms with Gasteiger partial charge in [0.2, 0.25) is 0 Å². The predicted molar refractivity (Wildman–Crippen MR) is 95.9 cm³/mol. The zero-order valence-electron chi connectivity index (χ0n) is 13.7. The van der Waals surface area contributed by atoms with Crippen LogP contribution < -0.4 is 9.47 Å². The SMILES string of the molecule is O=C(Oc1ccccc1Cc1ccccc1)C1Cc2ccccc2O1. The lowest BCUT2D eigenvalue weighted by Gasteiger charge is -2.13. The highest BCUT2D eigenvalue weighted by Crippen LogP contribution is 2.29. The molecular formula is C22H18O3. The lowest BCUT2D eigenvalue weighted by Crippen LogP contribution is -2.30. The van der Waals surface area contributed by atoms with Crippen LogP contribution in [0.5, 0.6) is 11.5 Å². The maximum atomic E-state index is 12.5. The lowest BCUT2D eigenvalue weighted by molar-refractivity contribution is -0.141. The average Bonchev–Trinajstić information content (AvgIpc) is 3.09. The van der Waals surface area contributed by atoms with Crippen molar-refractivity contribution in [2.45, 2.75) is 18.9 Å². The Morgan fingerprint density at radius 2 is 1.64 bits per heavy atom. The summed E-state index contributed by atoms with van der Waals surface area (Å²) in [4.78, 5) is 12.5. The molecule has 0 fully saturated rings. The molecule has 3 nitrogen and oxygen atoms in total. The van der Waals surface area contributed by atoms with Crippen molar-refractivity contribution in [1.82, 2.24) is 0 Å². The molecule has 0 aliphatic carbocycles. The molecule has 0 radical (unpaired) electrons. The number of ether oxygens (including phenoxy) is 2. The van der Waals surface area contributed by atoms with E-state index in [9.17, 15) is 4.79 Å². The van der Waals surface area contributed by atoms with Crippen LogP contribution in [0.25, 0.3) is 0 Å². The van der Waals surface area contributed by atoms with E-state index in [1.165, 1.54) is 5.56 Å². The summed E-state index contributed by atoms with van der Waals surface area (Å²) in [7, 11) is 0. The Balaban J connectivity index is 1.49. The van der Waals surface area contributed by atoms with Gasteiger partial charge in [0.05, 0.1) is 0 Å². The van der Waals surface area contributed by atoms with E-state index in [1.54, 1.807) is 0 Å². The van der Waals surface area contributed by atoms with Gasteiger partial charge in [0, 0.05) is 12.8 Å². The number of benzene rings is 3. The summed E-state index contributed by atoms with van der Waals surface area (Å²) >= 11 is 0. The number of rotatable bonds is 4. The zero-order valence-corrected chi connectivity index (χ0v) is 13.7. The van der Waals surface area contributed by atoms with Gasteiger partial charge in [-0.25, -0.2) is 4.79 Å². The maximum absolute atomic E-state index is 12.5. The van der Waals surface area contributed by atoms with E-state index in [-0.39, 0.29) is 5.97 Å². The molecule has 0 spiro atoms. The van der Waals surface area contributed by atoms with Crippen LogP contribution in [-0.2, 0) is 17.6 Å². The molecule has 0 aromatic heterocycles. The van der Waals surface area contributed by atoms with E-state index in [2.05, 4.69) is 12.1 Å². The third kappa shape index (κ3) is 3.41. The third-order valence-electron chi connectivity index (χ3n) is 4.33. The molecule has 0 amide bonds. The van der Waals surface area contributed by atoms with E-state index in [0.717, 1.165) is 23.3 Å². The number of esters is 1. The fourth-order valence-corrected chi connectivity index (χ4v) is 3.05. The fraction of sp³-hybridized carbons (Fsp3) is 0.136. The number of hydrogen-bond donors (Lipinski definition) is 0. The molecule has 1 aliphatic heterocycles. The van der Waals surface area contributed by atoms with Gasteiger partial charge < -0.3 is 9.47 Å². The summed E-state index contributed by atoms with van der Waals surface area (Å²) in [6.07, 6.45) is 0.688. The molecule has 4 rings (SSSR count). The van der Waals surface area contributed by atoms with Gasteiger partial charge in [-0.15, -0.1) is 0 Å². The number of fused-ring (bicyclic) bond motifs is 1. The van der Waals surface area contributed by atoms with Crippen molar-refractivity contribution >= 4 is 5.97 Å². The summed E-state index contributed by atoms with van der Waals surface area (Å²) in [5.74, 6) is 1.01. The molecule has 1 unspecified atom stereocenters. The van der Waals surface area contributed by atoms with Crippen molar-refractivity contribution in [1.29, 1.82) is 0 Å². The van der Waals surface area contributed by atoms with Crippen molar-refractivity contribution in [2.24, 2.45) is 0 Å². The Bertz CT molecular complexity index is 862. The van der Waals surface area contributed by atoms with Crippen LogP contribution in [0.4, 0.5) is 0 Å². The lowest BCUT2D eigenvalue weighted by atomic mass is 10.0. The molecular weight excluding hydrogens is 312 g/mol. The zero-order chi connectivity index (χ0) is 17.1. The largest absolute Gasteiger partial charge is 0.478 e. The molecule has 0 saturated heterocycles. The van der Waals surface area contributed by atoms with Crippen LogP contribution in [0.15, 0.2) is 78.9 Å². The van der Waals surface area contributed by atoms with Gasteiger partial charge in [-0.05, 0) is 28.8 Å². The second-order valence-electron chi connectivity index (χ2n) is 6.11. The second-order valence-corrected chi connectivity index (χ2v) is 6.11. The minimum atomic E-state index is -0.581. The second kappa shape index (κ2) is 6.81. The van der Waals surface area contributed by atoms with E-state index >= 15 is 0 Å². The molecule has 3 heteroatoms.